The average molecular weight is 378 g/mol. The summed E-state index contributed by atoms with van der Waals surface area (Å²) < 4.78 is 1.85. The van der Waals surface area contributed by atoms with Crippen molar-refractivity contribution in [2.45, 2.75) is 46.2 Å². The number of fused-ring (bicyclic) bond motifs is 1. The minimum atomic E-state index is -0.303. The molecule has 0 aliphatic rings. The maximum absolute atomic E-state index is 12.7. The Bertz CT molecular complexity index is 989. The van der Waals surface area contributed by atoms with Crippen LogP contribution in [0, 0.1) is 0 Å². The predicted octanol–water partition coefficient (Wildman–Crippen LogP) is 4.00. The van der Waals surface area contributed by atoms with Crippen LogP contribution in [0.4, 0.5) is 5.69 Å². The zero-order chi connectivity index (χ0) is 20.3. The number of nitrogens with zero attached hydrogens (tertiary/aromatic N) is 2. The van der Waals surface area contributed by atoms with E-state index in [0.29, 0.717) is 11.7 Å². The predicted molar refractivity (Wildman–Crippen MR) is 111 cm³/mol. The van der Waals surface area contributed by atoms with Gasteiger partial charge < -0.3 is 15.2 Å². The zero-order valence-electron chi connectivity index (χ0n) is 16.7. The summed E-state index contributed by atoms with van der Waals surface area (Å²) >= 11 is 0. The van der Waals surface area contributed by atoms with Crippen molar-refractivity contribution in [3.05, 3.63) is 59.9 Å². The minimum absolute atomic E-state index is 0.117. The summed E-state index contributed by atoms with van der Waals surface area (Å²) in [6.45, 7) is 7.72. The standard InChI is InChI=1S/C22H26N4O2/c1-14(2)17-9-11-18(12-10-17)24-21(28)13-26-20-8-6-5-7-19(20)25-22(26)15(3)23-16(4)27/h5-12,14-15H,13H2,1-4H3,(H,23,27)(H,24,28). The van der Waals surface area contributed by atoms with Gasteiger partial charge >= 0.3 is 0 Å². The van der Waals surface area contributed by atoms with Crippen LogP contribution in [0.1, 0.15) is 51.0 Å². The van der Waals surface area contributed by atoms with Crippen LogP contribution < -0.4 is 10.6 Å². The molecule has 28 heavy (non-hydrogen) atoms. The van der Waals surface area contributed by atoms with Crippen LogP contribution in [-0.4, -0.2) is 21.4 Å². The van der Waals surface area contributed by atoms with E-state index in [1.54, 1.807) is 0 Å². The Kier molecular flexibility index (Phi) is 5.78. The van der Waals surface area contributed by atoms with Gasteiger partial charge in [0.15, 0.2) is 0 Å². The van der Waals surface area contributed by atoms with Crippen LogP contribution >= 0.6 is 0 Å². The number of para-hydroxylation sites is 2. The molecule has 2 N–H and O–H groups in total. The second-order valence-electron chi connectivity index (χ2n) is 7.29. The molecule has 3 aromatic rings. The molecule has 0 spiro atoms. The molecule has 0 saturated heterocycles. The van der Waals surface area contributed by atoms with Gasteiger partial charge in [0.05, 0.1) is 17.1 Å². The quantitative estimate of drug-likeness (QED) is 0.681. The molecule has 3 rings (SSSR count). The Morgan fingerprint density at radius 1 is 1.04 bits per heavy atom. The van der Waals surface area contributed by atoms with E-state index in [1.165, 1.54) is 12.5 Å². The van der Waals surface area contributed by atoms with E-state index in [-0.39, 0.29) is 24.4 Å². The lowest BCUT2D eigenvalue weighted by Crippen LogP contribution is -2.28. The number of amides is 2. The van der Waals surface area contributed by atoms with Crippen molar-refractivity contribution in [1.29, 1.82) is 0 Å². The van der Waals surface area contributed by atoms with Gasteiger partial charge in [-0.1, -0.05) is 38.1 Å². The smallest absolute Gasteiger partial charge is 0.244 e. The normalized spacial score (nSPS) is 12.2. The van der Waals surface area contributed by atoms with Gasteiger partial charge in [0.25, 0.3) is 0 Å². The number of rotatable bonds is 6. The van der Waals surface area contributed by atoms with Crippen LogP contribution in [0.15, 0.2) is 48.5 Å². The largest absolute Gasteiger partial charge is 0.347 e. The fourth-order valence-electron chi connectivity index (χ4n) is 3.26. The van der Waals surface area contributed by atoms with Crippen molar-refractivity contribution in [1.82, 2.24) is 14.9 Å². The molecule has 6 nitrogen and oxygen atoms in total. The molecule has 0 aliphatic heterocycles. The first-order chi connectivity index (χ1) is 13.3. The Hall–Kier alpha value is -3.15. The molecule has 0 fully saturated rings. The SMILES string of the molecule is CC(=O)NC(C)c1nc2ccccc2n1CC(=O)Nc1ccc(C(C)C)cc1. The fourth-order valence-corrected chi connectivity index (χ4v) is 3.26. The highest BCUT2D eigenvalue weighted by atomic mass is 16.2. The number of nitrogens with one attached hydrogen (secondary N) is 2. The van der Waals surface area contributed by atoms with E-state index in [1.807, 2.05) is 60.0 Å². The van der Waals surface area contributed by atoms with Gasteiger partial charge in [-0.05, 0) is 42.7 Å². The summed E-state index contributed by atoms with van der Waals surface area (Å²) in [5.74, 6) is 0.819. The zero-order valence-corrected chi connectivity index (χ0v) is 16.7. The Labute approximate surface area is 165 Å². The maximum Gasteiger partial charge on any atom is 0.244 e. The van der Waals surface area contributed by atoms with Crippen LogP contribution in [0.25, 0.3) is 11.0 Å². The molecule has 1 heterocycles. The summed E-state index contributed by atoms with van der Waals surface area (Å²) in [6, 6.07) is 15.2. The van der Waals surface area contributed by atoms with E-state index < -0.39 is 0 Å². The molecule has 146 valence electrons. The Morgan fingerprint density at radius 3 is 2.36 bits per heavy atom. The van der Waals surface area contributed by atoms with Gasteiger partial charge in [0.1, 0.15) is 12.4 Å². The molecule has 2 aromatic carbocycles. The van der Waals surface area contributed by atoms with Gasteiger partial charge in [0, 0.05) is 12.6 Å². The third kappa shape index (κ3) is 4.39. The number of imidazole rings is 1. The molecule has 1 aromatic heterocycles. The van der Waals surface area contributed by atoms with Crippen molar-refractivity contribution >= 4 is 28.5 Å². The third-order valence-corrected chi connectivity index (χ3v) is 4.65. The molecule has 0 saturated carbocycles. The van der Waals surface area contributed by atoms with Crippen LogP contribution in [0.2, 0.25) is 0 Å². The first kappa shape index (κ1) is 19.6. The first-order valence-electron chi connectivity index (χ1n) is 9.47. The van der Waals surface area contributed by atoms with Gasteiger partial charge in [-0.15, -0.1) is 0 Å². The number of hydrogen-bond donors (Lipinski definition) is 2. The van der Waals surface area contributed by atoms with E-state index in [0.717, 1.165) is 16.7 Å². The van der Waals surface area contributed by atoms with Gasteiger partial charge in [-0.2, -0.15) is 0 Å². The lowest BCUT2D eigenvalue weighted by atomic mass is 10.0. The van der Waals surface area contributed by atoms with Gasteiger partial charge in [-0.3, -0.25) is 9.59 Å². The second kappa shape index (κ2) is 8.25. The van der Waals surface area contributed by atoms with Crippen LogP contribution in [-0.2, 0) is 16.1 Å². The Morgan fingerprint density at radius 2 is 1.71 bits per heavy atom. The molecule has 0 aliphatic carbocycles. The molecular weight excluding hydrogens is 352 g/mol. The highest BCUT2D eigenvalue weighted by molar-refractivity contribution is 5.91. The maximum atomic E-state index is 12.7. The van der Waals surface area contributed by atoms with E-state index in [4.69, 9.17) is 0 Å². The van der Waals surface area contributed by atoms with E-state index in [2.05, 4.69) is 29.5 Å². The molecule has 1 unspecified atom stereocenters. The van der Waals surface area contributed by atoms with Gasteiger partial charge in [-0.25, -0.2) is 4.98 Å². The number of benzene rings is 2. The van der Waals surface area contributed by atoms with E-state index in [9.17, 15) is 9.59 Å². The lowest BCUT2D eigenvalue weighted by molar-refractivity contribution is -0.119. The first-order valence-corrected chi connectivity index (χ1v) is 9.47. The number of hydrogen-bond acceptors (Lipinski definition) is 3. The van der Waals surface area contributed by atoms with Gasteiger partial charge in [0.2, 0.25) is 11.8 Å². The molecule has 6 heteroatoms. The van der Waals surface area contributed by atoms with Crippen molar-refractivity contribution < 1.29 is 9.59 Å². The fraction of sp³-hybridized carbons (Fsp3) is 0.318. The number of carbonyl (C=O) groups is 2. The summed E-state index contributed by atoms with van der Waals surface area (Å²) in [6.07, 6.45) is 0. The Balaban J connectivity index is 1.83. The summed E-state index contributed by atoms with van der Waals surface area (Å²) in [4.78, 5) is 28.8. The van der Waals surface area contributed by atoms with Crippen molar-refractivity contribution in [3.63, 3.8) is 0 Å². The second-order valence-corrected chi connectivity index (χ2v) is 7.29. The van der Waals surface area contributed by atoms with Crippen LogP contribution in [0.3, 0.4) is 0 Å². The molecule has 1 atom stereocenters. The minimum Gasteiger partial charge on any atom is -0.347 e. The van der Waals surface area contributed by atoms with Crippen LogP contribution in [0.5, 0.6) is 0 Å². The number of aromatic nitrogens is 2. The summed E-state index contributed by atoms with van der Waals surface area (Å²) in [5.41, 5.74) is 3.64. The summed E-state index contributed by atoms with van der Waals surface area (Å²) in [5, 5.41) is 5.79. The number of anilines is 1. The van der Waals surface area contributed by atoms with Crippen molar-refractivity contribution in [3.8, 4) is 0 Å². The lowest BCUT2D eigenvalue weighted by Gasteiger charge is -2.15. The monoisotopic (exact) mass is 378 g/mol. The van der Waals surface area contributed by atoms with Crippen molar-refractivity contribution in [2.24, 2.45) is 0 Å². The van der Waals surface area contributed by atoms with E-state index >= 15 is 0 Å². The van der Waals surface area contributed by atoms with Crippen molar-refractivity contribution in [2.75, 3.05) is 5.32 Å². The highest BCUT2D eigenvalue weighted by Gasteiger charge is 2.19. The highest BCUT2D eigenvalue weighted by Crippen LogP contribution is 2.21. The molecule has 0 bridgehead atoms. The molecule has 0 radical (unpaired) electrons. The topological polar surface area (TPSA) is 76.0 Å². The summed E-state index contributed by atoms with van der Waals surface area (Å²) in [7, 11) is 0. The molecule has 2 amide bonds. The molecular formula is C22H26N4O2. The number of carbonyl (C=O) groups excluding carboxylic acids is 2. The third-order valence-electron chi connectivity index (χ3n) is 4.65. The average Bonchev–Trinajstić information content (AvgIpc) is 3.00.